The van der Waals surface area contributed by atoms with Crippen LogP contribution in [0.3, 0.4) is 0 Å². The number of carbonyl (C=O) groups excluding carboxylic acids is 2. The van der Waals surface area contributed by atoms with Gasteiger partial charge in [0.2, 0.25) is 12.8 Å². The third-order valence-electron chi connectivity index (χ3n) is 6.99. The summed E-state index contributed by atoms with van der Waals surface area (Å²) in [4.78, 5) is 41.7. The molecule has 0 N–H and O–H groups in total. The first-order valence-corrected chi connectivity index (χ1v) is 15.4. The van der Waals surface area contributed by atoms with Crippen LogP contribution in [0.15, 0.2) is 76.7 Å². The fraction of sp³-hybridized carbons (Fsp3) is 0.316. The number of nitrogens with zero attached hydrogens (tertiary/aromatic N) is 5. The van der Waals surface area contributed by atoms with Crippen molar-refractivity contribution in [2.45, 2.75) is 52.4 Å². The summed E-state index contributed by atoms with van der Waals surface area (Å²) >= 11 is 0. The molecule has 0 aliphatic heterocycles. The molecule has 0 aliphatic carbocycles. The summed E-state index contributed by atoms with van der Waals surface area (Å²) in [6.45, 7) is 12.2. The van der Waals surface area contributed by atoms with E-state index >= 15 is 0 Å². The van der Waals surface area contributed by atoms with Crippen LogP contribution in [0.5, 0.6) is 11.5 Å². The molecule has 12 heteroatoms. The summed E-state index contributed by atoms with van der Waals surface area (Å²) in [6.07, 6.45) is 4.41. The van der Waals surface area contributed by atoms with Gasteiger partial charge in [0, 0.05) is 52.8 Å². The predicted octanol–water partition coefficient (Wildman–Crippen LogP) is 6.40. The van der Waals surface area contributed by atoms with Crippen LogP contribution in [-0.2, 0) is 39.9 Å². The minimum absolute atomic E-state index is 0. The number of rotatable bonds is 7. The molecule has 0 saturated heterocycles. The third-order valence-corrected chi connectivity index (χ3v) is 6.99. The number of fused-ring (bicyclic) bond motifs is 1. The molecule has 0 saturated carbocycles. The smallest absolute Gasteiger partial charge is 0.872 e. The summed E-state index contributed by atoms with van der Waals surface area (Å²) in [5.74, 6) is -0.324. The largest absolute Gasteiger partial charge is 2.00 e. The van der Waals surface area contributed by atoms with Crippen molar-refractivity contribution in [3.8, 4) is 11.5 Å². The molecule has 0 radical (unpaired) electrons. The van der Waals surface area contributed by atoms with Gasteiger partial charge < -0.3 is 20.0 Å². The van der Waals surface area contributed by atoms with Crippen molar-refractivity contribution in [1.82, 2.24) is 9.80 Å². The first-order chi connectivity index (χ1) is 22.8. The fourth-order valence-electron chi connectivity index (χ4n) is 4.26. The number of nitro benzene ring substituents is 1. The molecular formula is C38H45N5O6Zn. The molecule has 0 bridgehead atoms. The van der Waals surface area contributed by atoms with Gasteiger partial charge in [0.1, 0.15) is 0 Å². The molecule has 260 valence electrons. The van der Waals surface area contributed by atoms with E-state index in [0.29, 0.717) is 22.4 Å². The summed E-state index contributed by atoms with van der Waals surface area (Å²) in [5, 5.41) is 39.1. The normalized spacial score (nSPS) is 11.2. The third kappa shape index (κ3) is 12.5. The maximum atomic E-state index is 13.4. The van der Waals surface area contributed by atoms with Crippen LogP contribution in [-0.4, -0.2) is 68.2 Å². The SMILES string of the molecule is CC(C)(C)c1cc(C=Nc2ccc([N+](=O)[O-])cc2N=Cc2c([O-])ccc3ccccc23)c([O-])c(C(C)(C)C)c1.CN(C)C=O.CN(C)C=O.[Zn+2]. The van der Waals surface area contributed by atoms with Crippen molar-refractivity contribution in [2.75, 3.05) is 28.2 Å². The van der Waals surface area contributed by atoms with Crippen LogP contribution < -0.4 is 10.2 Å². The van der Waals surface area contributed by atoms with Gasteiger partial charge in [0.05, 0.1) is 16.3 Å². The van der Waals surface area contributed by atoms with Crippen molar-refractivity contribution in [3.63, 3.8) is 0 Å². The quantitative estimate of drug-likeness (QED) is 0.0705. The number of carbonyl (C=O) groups is 2. The van der Waals surface area contributed by atoms with Crippen LogP contribution in [0.1, 0.15) is 63.8 Å². The Morgan fingerprint density at radius 2 is 1.28 bits per heavy atom. The molecule has 0 fully saturated rings. The van der Waals surface area contributed by atoms with E-state index in [1.54, 1.807) is 34.3 Å². The molecule has 4 aromatic carbocycles. The van der Waals surface area contributed by atoms with Gasteiger partial charge in [-0.3, -0.25) is 29.7 Å². The first kappa shape index (κ1) is 43.1. The molecule has 50 heavy (non-hydrogen) atoms. The standard InChI is InChI=1S/C32H33N3O4.2C3H7NO.Zn/c1-31(2,3)22-15-21(30(37)26(16-22)32(4,5)6)18-33-27-13-12-23(35(38)39)17-28(27)34-19-25-24-10-8-7-9-20(24)11-14-29(25)36;2*1-4(2)3-5;/h7-19,36-37H,1-6H3;2*3H,1-2H3;/q;;;+2/p-2. The molecule has 0 aliphatic rings. The summed E-state index contributed by atoms with van der Waals surface area (Å²) < 4.78 is 0. The number of non-ortho nitro benzene ring substituents is 1. The van der Waals surface area contributed by atoms with E-state index in [1.165, 1.54) is 46.5 Å². The average molecular weight is 733 g/mol. The van der Waals surface area contributed by atoms with E-state index in [1.807, 2.05) is 57.2 Å². The number of nitro groups is 1. The number of hydrogen-bond acceptors (Lipinski definition) is 8. The summed E-state index contributed by atoms with van der Waals surface area (Å²) in [5.41, 5.74) is 2.35. The van der Waals surface area contributed by atoms with Gasteiger partial charge in [0.25, 0.3) is 5.69 Å². The zero-order valence-corrected chi connectivity index (χ0v) is 33.5. The molecule has 0 unspecified atom stereocenters. The molecule has 0 atom stereocenters. The first-order valence-electron chi connectivity index (χ1n) is 15.4. The second-order valence-corrected chi connectivity index (χ2v) is 13.7. The van der Waals surface area contributed by atoms with Crippen molar-refractivity contribution in [3.05, 3.63) is 99.1 Å². The molecule has 0 spiro atoms. The van der Waals surface area contributed by atoms with Crippen LogP contribution >= 0.6 is 0 Å². The maximum absolute atomic E-state index is 13.4. The van der Waals surface area contributed by atoms with E-state index < -0.39 is 4.92 Å². The van der Waals surface area contributed by atoms with E-state index in [-0.39, 0.29) is 53.2 Å². The Morgan fingerprint density at radius 1 is 0.720 bits per heavy atom. The zero-order chi connectivity index (χ0) is 37.1. The minimum Gasteiger partial charge on any atom is -0.872 e. The average Bonchev–Trinajstić information content (AvgIpc) is 3.03. The molecule has 2 amide bonds. The predicted molar refractivity (Wildman–Crippen MR) is 194 cm³/mol. The maximum Gasteiger partial charge on any atom is 2.00 e. The fourth-order valence-corrected chi connectivity index (χ4v) is 4.26. The second kappa shape index (κ2) is 18.7. The van der Waals surface area contributed by atoms with Crippen molar-refractivity contribution in [1.29, 1.82) is 0 Å². The Hall–Kier alpha value is -4.96. The monoisotopic (exact) mass is 731 g/mol. The van der Waals surface area contributed by atoms with Crippen LogP contribution in [0.2, 0.25) is 0 Å². The molecule has 0 aromatic heterocycles. The Labute approximate surface area is 307 Å². The van der Waals surface area contributed by atoms with Gasteiger partial charge in [-0.2, -0.15) is 0 Å². The Balaban J connectivity index is 0.000000999. The second-order valence-electron chi connectivity index (χ2n) is 13.7. The van der Waals surface area contributed by atoms with E-state index in [0.717, 1.165) is 29.2 Å². The molecule has 4 rings (SSSR count). The van der Waals surface area contributed by atoms with Crippen molar-refractivity contribution >= 4 is 53.1 Å². The molecular weight excluding hydrogens is 688 g/mol. The number of amides is 2. The Kier molecular flexibility index (Phi) is 16.1. The summed E-state index contributed by atoms with van der Waals surface area (Å²) in [6, 6.07) is 18.6. The Morgan fingerprint density at radius 3 is 1.80 bits per heavy atom. The van der Waals surface area contributed by atoms with Crippen LogP contribution in [0.4, 0.5) is 17.1 Å². The van der Waals surface area contributed by atoms with Crippen LogP contribution in [0.25, 0.3) is 10.8 Å². The van der Waals surface area contributed by atoms with E-state index in [9.17, 15) is 29.9 Å². The van der Waals surface area contributed by atoms with Gasteiger partial charge >= 0.3 is 19.5 Å². The van der Waals surface area contributed by atoms with Crippen molar-refractivity contribution < 1.29 is 44.2 Å². The number of aliphatic imine (C=N–C) groups is 2. The van der Waals surface area contributed by atoms with Crippen molar-refractivity contribution in [2.24, 2.45) is 9.98 Å². The van der Waals surface area contributed by atoms with E-state index in [4.69, 9.17) is 0 Å². The number of hydrogen-bond donors (Lipinski definition) is 0. The van der Waals surface area contributed by atoms with E-state index in [2.05, 4.69) is 30.8 Å². The van der Waals surface area contributed by atoms with Gasteiger partial charge in [0.15, 0.2) is 0 Å². The molecule has 11 nitrogen and oxygen atoms in total. The molecule has 0 heterocycles. The van der Waals surface area contributed by atoms with Crippen LogP contribution in [0, 0.1) is 10.1 Å². The minimum atomic E-state index is -0.512. The topological polar surface area (TPSA) is 155 Å². The zero-order valence-electron chi connectivity index (χ0n) is 30.6. The number of benzene rings is 4. The van der Waals surface area contributed by atoms with Gasteiger partial charge in [-0.05, 0) is 49.9 Å². The molecule has 4 aromatic rings. The van der Waals surface area contributed by atoms with Gasteiger partial charge in [-0.1, -0.05) is 102 Å². The van der Waals surface area contributed by atoms with Gasteiger partial charge in [-0.15, -0.1) is 0 Å². The van der Waals surface area contributed by atoms with Gasteiger partial charge in [-0.25, -0.2) is 0 Å². The Bertz CT molecular complexity index is 1830. The summed E-state index contributed by atoms with van der Waals surface area (Å²) in [7, 11) is 6.75.